The number of hydrogen-bond donors (Lipinski definition) is 0. The molecule has 0 amide bonds. The lowest BCUT2D eigenvalue weighted by atomic mass is 10.0. The van der Waals surface area contributed by atoms with Gasteiger partial charge in [0.15, 0.2) is 0 Å². The van der Waals surface area contributed by atoms with Crippen LogP contribution >= 0.6 is 0 Å². The Morgan fingerprint density at radius 3 is 0.820 bits per heavy atom. The first-order valence-corrected chi connectivity index (χ1v) is 12.8. The summed E-state index contributed by atoms with van der Waals surface area (Å²) in [5.74, 6) is -4.12. The highest BCUT2D eigenvalue weighted by Gasteiger charge is 2.39. The van der Waals surface area contributed by atoms with Gasteiger partial charge in [-0.2, -0.15) is 52.7 Å². The number of carbonyl (C=O) groups is 2. The molecular formula is C28H8F12N2O8. The molecular weight excluding hydrogens is 720 g/mol. The van der Waals surface area contributed by atoms with Crippen molar-refractivity contribution in [3.63, 3.8) is 0 Å². The van der Waals surface area contributed by atoms with Crippen LogP contribution in [-0.4, -0.2) is 21.4 Å². The molecule has 0 saturated carbocycles. The second-order valence-electron chi connectivity index (χ2n) is 10.1. The van der Waals surface area contributed by atoms with E-state index in [1.165, 1.54) is 0 Å². The number of fused-ring (bicyclic) bond motifs is 2. The van der Waals surface area contributed by atoms with Crippen LogP contribution in [0.2, 0.25) is 0 Å². The van der Waals surface area contributed by atoms with Crippen LogP contribution in [0.25, 0.3) is 21.5 Å². The number of nitrogens with zero attached hydrogens (tertiary/aromatic N) is 2. The second-order valence-corrected chi connectivity index (χ2v) is 10.1. The molecule has 3 aromatic carbocycles. The van der Waals surface area contributed by atoms with Gasteiger partial charge in [-0.25, -0.2) is 9.59 Å². The van der Waals surface area contributed by atoms with Crippen molar-refractivity contribution in [2.45, 2.75) is 24.7 Å². The first-order chi connectivity index (χ1) is 22.8. The number of hydrogen-bond acceptors (Lipinski definition) is 8. The summed E-state index contributed by atoms with van der Waals surface area (Å²) in [5.41, 5.74) is -17.2. The Morgan fingerprint density at radius 2 is 0.620 bits per heavy atom. The van der Waals surface area contributed by atoms with Crippen LogP contribution in [0, 0.1) is 0 Å². The molecule has 0 atom stereocenters. The molecule has 0 aliphatic carbocycles. The van der Waals surface area contributed by atoms with Gasteiger partial charge in [0.1, 0.15) is 0 Å². The van der Waals surface area contributed by atoms with E-state index in [0.717, 1.165) is 0 Å². The Bertz CT molecular complexity index is 2150. The van der Waals surface area contributed by atoms with Gasteiger partial charge in [0.05, 0.1) is 54.9 Å². The molecule has 5 rings (SSSR count). The summed E-state index contributed by atoms with van der Waals surface area (Å²) in [7, 11) is 0. The fourth-order valence-corrected chi connectivity index (χ4v) is 4.51. The fraction of sp³-hybridized carbons (Fsp3) is 0.143. The van der Waals surface area contributed by atoms with Crippen molar-refractivity contribution in [2.75, 3.05) is 0 Å². The number of halogens is 12. The average molecular weight is 728 g/mol. The van der Waals surface area contributed by atoms with Gasteiger partial charge < -0.3 is 9.68 Å². The third-order valence-electron chi connectivity index (χ3n) is 6.81. The Labute approximate surface area is 263 Å². The molecule has 2 aromatic heterocycles. The van der Waals surface area contributed by atoms with Crippen LogP contribution in [-0.2, 0) is 24.7 Å². The molecule has 0 N–H and O–H groups in total. The van der Waals surface area contributed by atoms with Crippen molar-refractivity contribution in [3.05, 3.63) is 123 Å². The molecule has 2 heterocycles. The second kappa shape index (κ2) is 11.3. The van der Waals surface area contributed by atoms with Crippen molar-refractivity contribution >= 4 is 33.5 Å². The lowest BCUT2D eigenvalue weighted by Crippen LogP contribution is -2.36. The molecule has 0 radical (unpaired) electrons. The van der Waals surface area contributed by atoms with Gasteiger partial charge >= 0.3 is 36.6 Å². The highest BCUT2D eigenvalue weighted by molar-refractivity contribution is 5.98. The van der Waals surface area contributed by atoms with Gasteiger partial charge in [0.2, 0.25) is 0 Å². The third-order valence-corrected chi connectivity index (χ3v) is 6.81. The third kappa shape index (κ3) is 6.30. The highest BCUT2D eigenvalue weighted by atomic mass is 19.4. The van der Waals surface area contributed by atoms with E-state index in [-0.39, 0.29) is 36.4 Å². The van der Waals surface area contributed by atoms with Gasteiger partial charge in [-0.15, -0.1) is 0 Å². The van der Waals surface area contributed by atoms with Gasteiger partial charge in [-0.05, 0) is 48.5 Å². The lowest BCUT2D eigenvalue weighted by Gasteiger charge is -2.13. The van der Waals surface area contributed by atoms with Crippen molar-refractivity contribution in [3.8, 4) is 0 Å². The number of carbonyl (C=O) groups excluding carboxylic acids is 2. The zero-order valence-corrected chi connectivity index (χ0v) is 23.3. The van der Waals surface area contributed by atoms with E-state index in [1.807, 2.05) is 0 Å². The van der Waals surface area contributed by atoms with E-state index in [2.05, 4.69) is 9.68 Å². The van der Waals surface area contributed by atoms with E-state index in [9.17, 15) is 81.5 Å². The molecule has 262 valence electrons. The minimum Gasteiger partial charge on any atom is -0.324 e. The van der Waals surface area contributed by atoms with E-state index >= 15 is 0 Å². The highest BCUT2D eigenvalue weighted by Crippen LogP contribution is 2.37. The number of alkyl halides is 12. The van der Waals surface area contributed by atoms with Crippen molar-refractivity contribution < 1.29 is 71.9 Å². The number of aromatic nitrogens is 2. The molecule has 10 nitrogen and oxygen atoms in total. The zero-order chi connectivity index (χ0) is 37.5. The average Bonchev–Trinajstić information content (AvgIpc) is 3.37. The minimum absolute atomic E-state index is 0.0687. The SMILES string of the molecule is O=C(On1c(=O)c2cc3c(=O)n(OC(=O)c4cc(C(F)(F)F)cc(C(F)(F)F)c4)c(=O)c3cc2c1=O)c1cc(C(F)(F)F)cc(C(F)(F)F)c1. The largest absolute Gasteiger partial charge is 0.416 e. The van der Waals surface area contributed by atoms with Gasteiger partial charge in [-0.3, -0.25) is 19.2 Å². The molecule has 50 heavy (non-hydrogen) atoms. The summed E-state index contributed by atoms with van der Waals surface area (Å²) < 4.78 is 157. The molecule has 0 aliphatic heterocycles. The number of benzene rings is 3. The Balaban J connectivity index is 1.55. The minimum atomic E-state index is -5.40. The Kier molecular flexibility index (Phi) is 7.99. The molecule has 0 aliphatic rings. The van der Waals surface area contributed by atoms with E-state index in [0.29, 0.717) is 12.1 Å². The van der Waals surface area contributed by atoms with E-state index in [1.54, 1.807) is 0 Å². The van der Waals surface area contributed by atoms with Crippen LogP contribution in [0.1, 0.15) is 43.0 Å². The van der Waals surface area contributed by atoms with Crippen LogP contribution < -0.4 is 31.9 Å². The standard InChI is InChI=1S/C28H8F12N2O8/c29-25(30,31)11-1-9(2-12(5-11)26(32,33)34)23(47)49-41-19(43)15-7-17-18(8-16(15)20(41)44)22(46)42(21(17)45)50-24(48)10-3-13(27(35,36)37)6-14(4-10)28(38,39)40/h1-8H. The van der Waals surface area contributed by atoms with Crippen LogP contribution in [0.3, 0.4) is 0 Å². The molecule has 0 unspecified atom stereocenters. The first-order valence-electron chi connectivity index (χ1n) is 12.8. The summed E-state index contributed by atoms with van der Waals surface area (Å²) in [6.07, 6.45) is -21.6. The first kappa shape index (κ1) is 35.3. The summed E-state index contributed by atoms with van der Waals surface area (Å²) in [5, 5.41) is -3.38. The monoisotopic (exact) mass is 728 g/mol. The normalized spacial score (nSPS) is 12.9. The predicted molar refractivity (Wildman–Crippen MR) is 140 cm³/mol. The zero-order valence-electron chi connectivity index (χ0n) is 23.3. The smallest absolute Gasteiger partial charge is 0.324 e. The molecule has 0 saturated heterocycles. The Morgan fingerprint density at radius 1 is 0.400 bits per heavy atom. The van der Waals surface area contributed by atoms with Crippen molar-refractivity contribution in [1.82, 2.24) is 9.46 Å². The number of rotatable bonds is 4. The van der Waals surface area contributed by atoms with E-state index < -0.39 is 123 Å². The molecule has 0 spiro atoms. The van der Waals surface area contributed by atoms with Crippen LogP contribution in [0.4, 0.5) is 52.7 Å². The Hall–Kier alpha value is -5.96. The molecule has 0 bridgehead atoms. The molecule has 22 heteroatoms. The van der Waals surface area contributed by atoms with Crippen LogP contribution in [0.15, 0.2) is 67.7 Å². The summed E-state index contributed by atoms with van der Waals surface area (Å²) in [4.78, 5) is 85.5. The maximum atomic E-state index is 13.2. The van der Waals surface area contributed by atoms with Crippen LogP contribution in [0.5, 0.6) is 0 Å². The predicted octanol–water partition coefficient (Wildman–Crippen LogP) is 4.53. The summed E-state index contributed by atoms with van der Waals surface area (Å²) in [6.45, 7) is 0. The topological polar surface area (TPSA) is 131 Å². The van der Waals surface area contributed by atoms with Crippen molar-refractivity contribution in [1.29, 1.82) is 0 Å². The van der Waals surface area contributed by atoms with Gasteiger partial charge in [0, 0.05) is 0 Å². The summed E-state index contributed by atoms with van der Waals surface area (Å²) in [6, 6.07) is 0.0571. The van der Waals surface area contributed by atoms with Gasteiger partial charge in [0.25, 0.3) is 22.2 Å². The summed E-state index contributed by atoms with van der Waals surface area (Å²) >= 11 is 0. The molecule has 5 aromatic rings. The van der Waals surface area contributed by atoms with Gasteiger partial charge in [-0.1, -0.05) is 9.46 Å². The maximum absolute atomic E-state index is 13.2. The van der Waals surface area contributed by atoms with Crippen molar-refractivity contribution in [2.24, 2.45) is 0 Å². The maximum Gasteiger partial charge on any atom is 0.416 e. The molecule has 0 fully saturated rings. The van der Waals surface area contributed by atoms with E-state index in [4.69, 9.17) is 0 Å². The quantitative estimate of drug-likeness (QED) is 0.247. The fourth-order valence-electron chi connectivity index (χ4n) is 4.51. The lowest BCUT2D eigenvalue weighted by molar-refractivity contribution is -0.144.